The normalized spacial score (nSPS) is 10.9. The summed E-state index contributed by atoms with van der Waals surface area (Å²) in [6.45, 7) is 0. The Balaban J connectivity index is 1.75. The van der Waals surface area contributed by atoms with Gasteiger partial charge >= 0.3 is 0 Å². The maximum atomic E-state index is 11.1. The summed E-state index contributed by atoms with van der Waals surface area (Å²) in [7, 11) is 1.91. The fourth-order valence-corrected chi connectivity index (χ4v) is 2.48. The second-order valence-corrected chi connectivity index (χ2v) is 5.53. The largest absolute Gasteiger partial charge is 0.437 e. The second-order valence-electron chi connectivity index (χ2n) is 5.53. The highest BCUT2D eigenvalue weighted by molar-refractivity contribution is 5.92. The summed E-state index contributed by atoms with van der Waals surface area (Å²) < 4.78 is 9.48. The van der Waals surface area contributed by atoms with Gasteiger partial charge in [-0.05, 0) is 18.2 Å². The lowest BCUT2D eigenvalue weighted by molar-refractivity contribution is 0.1000. The number of aromatic nitrogens is 5. The van der Waals surface area contributed by atoms with Gasteiger partial charge in [0.2, 0.25) is 11.8 Å². The van der Waals surface area contributed by atoms with Crippen molar-refractivity contribution in [2.75, 3.05) is 0 Å². The van der Waals surface area contributed by atoms with Gasteiger partial charge in [-0.1, -0.05) is 0 Å². The van der Waals surface area contributed by atoms with E-state index >= 15 is 0 Å². The molecule has 1 amide bonds. The van der Waals surface area contributed by atoms with Crippen LogP contribution in [0.4, 0.5) is 0 Å². The summed E-state index contributed by atoms with van der Waals surface area (Å²) in [6.07, 6.45) is 8.59. The SMILES string of the molecule is Cn1cnc(-c2cc(Oc3ccc(C(N)=O)cn3)c3ccnn3c2)c1. The number of carbonyl (C=O) groups excluding carboxylic acids is 1. The number of ether oxygens (including phenoxy) is 1. The molecule has 0 fully saturated rings. The first-order valence-corrected chi connectivity index (χ1v) is 7.49. The maximum absolute atomic E-state index is 11.1. The number of nitrogens with zero attached hydrogens (tertiary/aromatic N) is 5. The lowest BCUT2D eigenvalue weighted by Crippen LogP contribution is -2.10. The molecule has 0 saturated heterocycles. The number of hydrogen-bond acceptors (Lipinski definition) is 5. The van der Waals surface area contributed by atoms with E-state index in [2.05, 4.69) is 15.1 Å². The topological polar surface area (TPSA) is 100 Å². The van der Waals surface area contributed by atoms with Gasteiger partial charge in [-0.15, -0.1) is 0 Å². The average molecular weight is 334 g/mol. The van der Waals surface area contributed by atoms with Crippen LogP contribution >= 0.6 is 0 Å². The third kappa shape index (κ3) is 2.80. The molecule has 0 unspecified atom stereocenters. The van der Waals surface area contributed by atoms with Crippen molar-refractivity contribution in [2.45, 2.75) is 0 Å². The zero-order chi connectivity index (χ0) is 17.4. The van der Waals surface area contributed by atoms with Crippen molar-refractivity contribution in [3.8, 4) is 22.9 Å². The minimum atomic E-state index is -0.533. The van der Waals surface area contributed by atoms with E-state index in [1.54, 1.807) is 29.2 Å². The number of hydrogen-bond donors (Lipinski definition) is 1. The Morgan fingerprint density at radius 2 is 2.08 bits per heavy atom. The van der Waals surface area contributed by atoms with E-state index in [1.807, 2.05) is 36.1 Å². The van der Waals surface area contributed by atoms with Crippen LogP contribution in [0.1, 0.15) is 10.4 Å². The van der Waals surface area contributed by atoms with Gasteiger partial charge in [-0.25, -0.2) is 14.5 Å². The number of fused-ring (bicyclic) bond motifs is 1. The lowest BCUT2D eigenvalue weighted by atomic mass is 10.2. The molecule has 0 spiro atoms. The molecule has 8 heteroatoms. The molecule has 0 saturated carbocycles. The first-order chi connectivity index (χ1) is 12.1. The molecule has 0 aliphatic rings. The van der Waals surface area contributed by atoms with Gasteiger partial charge in [-0.2, -0.15) is 5.10 Å². The molecule has 124 valence electrons. The molecule has 0 aromatic carbocycles. The molecule has 0 radical (unpaired) electrons. The van der Waals surface area contributed by atoms with Gasteiger partial charge in [-0.3, -0.25) is 4.79 Å². The molecule has 4 heterocycles. The summed E-state index contributed by atoms with van der Waals surface area (Å²) in [4.78, 5) is 19.6. The minimum absolute atomic E-state index is 0.323. The van der Waals surface area contributed by atoms with Gasteiger partial charge < -0.3 is 15.0 Å². The number of pyridine rings is 2. The van der Waals surface area contributed by atoms with E-state index in [0.717, 1.165) is 16.8 Å². The summed E-state index contributed by atoms with van der Waals surface area (Å²) in [5.74, 6) is 0.403. The van der Waals surface area contributed by atoms with Crippen LogP contribution in [0.25, 0.3) is 16.8 Å². The first-order valence-electron chi connectivity index (χ1n) is 7.49. The molecule has 0 bridgehead atoms. The number of aryl methyl sites for hydroxylation is 1. The monoisotopic (exact) mass is 334 g/mol. The Labute approximate surface area is 142 Å². The highest BCUT2D eigenvalue weighted by atomic mass is 16.5. The first kappa shape index (κ1) is 14.9. The van der Waals surface area contributed by atoms with Gasteiger partial charge in [0.25, 0.3) is 0 Å². The van der Waals surface area contributed by atoms with Gasteiger partial charge in [0, 0.05) is 37.3 Å². The number of imidazole rings is 1. The molecule has 4 rings (SSSR count). The molecule has 0 atom stereocenters. The number of primary amides is 1. The van der Waals surface area contributed by atoms with Crippen molar-refractivity contribution >= 4 is 11.4 Å². The van der Waals surface area contributed by atoms with Crippen molar-refractivity contribution < 1.29 is 9.53 Å². The van der Waals surface area contributed by atoms with Gasteiger partial charge in [0.05, 0.1) is 23.8 Å². The van der Waals surface area contributed by atoms with Crippen molar-refractivity contribution in [3.05, 3.63) is 60.9 Å². The van der Waals surface area contributed by atoms with Crippen LogP contribution in [-0.4, -0.2) is 30.1 Å². The summed E-state index contributed by atoms with van der Waals surface area (Å²) >= 11 is 0. The zero-order valence-corrected chi connectivity index (χ0v) is 13.3. The van der Waals surface area contributed by atoms with E-state index < -0.39 is 5.91 Å². The maximum Gasteiger partial charge on any atom is 0.250 e. The Bertz CT molecular complexity index is 1060. The number of amides is 1. The molecule has 4 aromatic rings. The Morgan fingerprint density at radius 1 is 1.20 bits per heavy atom. The molecule has 0 aliphatic carbocycles. The quantitative estimate of drug-likeness (QED) is 0.615. The van der Waals surface area contributed by atoms with Crippen LogP contribution < -0.4 is 10.5 Å². The highest BCUT2D eigenvalue weighted by Crippen LogP contribution is 2.30. The highest BCUT2D eigenvalue weighted by Gasteiger charge is 2.11. The van der Waals surface area contributed by atoms with Crippen LogP contribution in [-0.2, 0) is 7.05 Å². The van der Waals surface area contributed by atoms with Crippen molar-refractivity contribution in [1.29, 1.82) is 0 Å². The van der Waals surface area contributed by atoms with Crippen LogP contribution in [0, 0.1) is 0 Å². The summed E-state index contributed by atoms with van der Waals surface area (Å²) in [5, 5.41) is 4.27. The predicted molar refractivity (Wildman–Crippen MR) is 90.2 cm³/mol. The van der Waals surface area contributed by atoms with Gasteiger partial charge in [0.15, 0.2) is 5.75 Å². The molecule has 25 heavy (non-hydrogen) atoms. The van der Waals surface area contributed by atoms with Crippen LogP contribution in [0.2, 0.25) is 0 Å². The standard InChI is InChI=1S/C17H14N6O2/c1-22-9-13(20-10-22)12-6-15(14-4-5-21-23(14)8-12)25-16-3-2-11(7-19-16)17(18)24/h2-10H,1H3,(H2,18,24). The van der Waals surface area contributed by atoms with Crippen LogP contribution in [0.5, 0.6) is 11.6 Å². The van der Waals surface area contributed by atoms with Crippen molar-refractivity contribution in [1.82, 2.24) is 24.1 Å². The molecule has 4 aromatic heterocycles. The van der Waals surface area contributed by atoms with Crippen molar-refractivity contribution in [2.24, 2.45) is 12.8 Å². The van der Waals surface area contributed by atoms with Crippen LogP contribution in [0.15, 0.2) is 55.4 Å². The number of carbonyl (C=O) groups is 1. The molecule has 0 aliphatic heterocycles. The lowest BCUT2D eigenvalue weighted by Gasteiger charge is -2.09. The third-order valence-corrected chi connectivity index (χ3v) is 3.71. The zero-order valence-electron chi connectivity index (χ0n) is 13.3. The third-order valence-electron chi connectivity index (χ3n) is 3.71. The van der Waals surface area contributed by atoms with E-state index in [1.165, 1.54) is 6.20 Å². The Kier molecular flexibility index (Phi) is 3.42. The number of rotatable bonds is 4. The summed E-state index contributed by atoms with van der Waals surface area (Å²) in [6, 6.07) is 6.89. The molecular formula is C17H14N6O2. The average Bonchev–Trinajstić information content (AvgIpc) is 3.24. The second kappa shape index (κ2) is 5.75. The van der Waals surface area contributed by atoms with E-state index in [9.17, 15) is 4.79 Å². The Hall–Kier alpha value is -3.68. The number of nitrogens with two attached hydrogens (primary N) is 1. The van der Waals surface area contributed by atoms with E-state index in [4.69, 9.17) is 10.5 Å². The smallest absolute Gasteiger partial charge is 0.250 e. The molecular weight excluding hydrogens is 320 g/mol. The molecule has 2 N–H and O–H groups in total. The van der Waals surface area contributed by atoms with Crippen molar-refractivity contribution in [3.63, 3.8) is 0 Å². The Morgan fingerprint density at radius 3 is 2.76 bits per heavy atom. The fourth-order valence-electron chi connectivity index (χ4n) is 2.48. The van der Waals surface area contributed by atoms with E-state index in [-0.39, 0.29) is 0 Å². The minimum Gasteiger partial charge on any atom is -0.437 e. The van der Waals surface area contributed by atoms with E-state index in [0.29, 0.717) is 17.2 Å². The summed E-state index contributed by atoms with van der Waals surface area (Å²) in [5.41, 5.74) is 8.01. The molecule has 8 nitrogen and oxygen atoms in total. The van der Waals surface area contributed by atoms with Gasteiger partial charge in [0.1, 0.15) is 5.52 Å². The van der Waals surface area contributed by atoms with Crippen LogP contribution in [0.3, 0.4) is 0 Å². The fraction of sp³-hybridized carbons (Fsp3) is 0.0588. The predicted octanol–water partition coefficient (Wildman–Crippen LogP) is 2.02.